The molecular formula is C18H26N4O5. The van der Waals surface area contributed by atoms with E-state index in [0.29, 0.717) is 17.2 Å². The van der Waals surface area contributed by atoms with Crippen LogP contribution in [-0.4, -0.2) is 69.5 Å². The van der Waals surface area contributed by atoms with Crippen molar-refractivity contribution in [2.75, 3.05) is 35.4 Å². The van der Waals surface area contributed by atoms with Crippen LogP contribution in [0.3, 0.4) is 0 Å². The number of ether oxygens (including phenoxy) is 3. The molecule has 2 fully saturated rings. The van der Waals surface area contributed by atoms with E-state index in [0.717, 1.165) is 5.56 Å². The molecule has 3 rings (SSSR count). The number of urea groups is 2. The van der Waals surface area contributed by atoms with E-state index in [9.17, 15) is 9.59 Å². The Balaban J connectivity index is 2.12. The first-order valence-electron chi connectivity index (χ1n) is 8.70. The van der Waals surface area contributed by atoms with Crippen LogP contribution in [0, 0.1) is 5.92 Å². The van der Waals surface area contributed by atoms with Gasteiger partial charge in [-0.1, -0.05) is 0 Å². The van der Waals surface area contributed by atoms with Gasteiger partial charge in [0.05, 0.1) is 27.4 Å². The average molecular weight is 378 g/mol. The molecule has 0 saturated carbocycles. The van der Waals surface area contributed by atoms with E-state index in [1.165, 1.54) is 4.90 Å². The molecule has 2 saturated heterocycles. The number of hydrogen-bond donors (Lipinski definition) is 2. The Bertz CT molecular complexity index is 730. The lowest BCUT2D eigenvalue weighted by Crippen LogP contribution is -2.71. The Hall–Kier alpha value is -2.84. The van der Waals surface area contributed by atoms with Gasteiger partial charge in [-0.2, -0.15) is 0 Å². The third-order valence-electron chi connectivity index (χ3n) is 5.43. The van der Waals surface area contributed by atoms with E-state index in [4.69, 9.17) is 14.2 Å². The van der Waals surface area contributed by atoms with Gasteiger partial charge in [-0.05, 0) is 24.6 Å². The number of benzene rings is 1. The van der Waals surface area contributed by atoms with Gasteiger partial charge in [0.1, 0.15) is 6.17 Å². The van der Waals surface area contributed by atoms with Gasteiger partial charge in [-0.25, -0.2) is 9.59 Å². The molecule has 1 aromatic rings. The number of nitrogens with zero attached hydrogens (tertiary/aromatic N) is 2. The van der Waals surface area contributed by atoms with Crippen LogP contribution in [0.4, 0.5) is 9.59 Å². The summed E-state index contributed by atoms with van der Waals surface area (Å²) < 4.78 is 16.3. The summed E-state index contributed by atoms with van der Waals surface area (Å²) in [5.41, 5.74) is 0.841. The second-order valence-electron chi connectivity index (χ2n) is 6.84. The minimum atomic E-state index is -0.415. The largest absolute Gasteiger partial charge is 0.493 e. The van der Waals surface area contributed by atoms with Gasteiger partial charge in [-0.15, -0.1) is 0 Å². The number of carbonyl (C=O) groups is 2. The highest BCUT2D eigenvalue weighted by Crippen LogP contribution is 2.45. The summed E-state index contributed by atoms with van der Waals surface area (Å²) in [5.74, 6) is 1.44. The number of carbonyl (C=O) groups excluding carboxylic acids is 2. The maximum Gasteiger partial charge on any atom is 0.319 e. The first-order chi connectivity index (χ1) is 12.8. The molecule has 0 spiro atoms. The molecule has 0 aromatic heterocycles. The molecule has 0 bridgehead atoms. The second kappa shape index (κ2) is 7.05. The van der Waals surface area contributed by atoms with Crippen molar-refractivity contribution in [2.45, 2.75) is 25.2 Å². The van der Waals surface area contributed by atoms with E-state index in [2.05, 4.69) is 10.6 Å². The van der Waals surface area contributed by atoms with Crippen LogP contribution in [-0.2, 0) is 0 Å². The first kappa shape index (κ1) is 18.9. The van der Waals surface area contributed by atoms with E-state index in [1.54, 1.807) is 40.3 Å². The summed E-state index contributed by atoms with van der Waals surface area (Å²) in [6, 6.07) is 2.80. The van der Waals surface area contributed by atoms with Crippen molar-refractivity contribution in [3.05, 3.63) is 17.7 Å². The highest BCUT2D eigenvalue weighted by molar-refractivity contribution is 5.80. The summed E-state index contributed by atoms with van der Waals surface area (Å²) in [7, 11) is 8.07. The monoisotopic (exact) mass is 378 g/mol. The number of methoxy groups -OCH3 is 3. The van der Waals surface area contributed by atoms with Crippen molar-refractivity contribution in [3.8, 4) is 17.2 Å². The number of nitrogens with one attached hydrogen (secondary N) is 2. The fourth-order valence-electron chi connectivity index (χ4n) is 4.02. The Labute approximate surface area is 158 Å². The summed E-state index contributed by atoms with van der Waals surface area (Å²) in [6.45, 7) is 1.94. The Morgan fingerprint density at radius 3 is 1.96 bits per heavy atom. The summed E-state index contributed by atoms with van der Waals surface area (Å²) in [5, 5.41) is 5.89. The molecule has 148 valence electrons. The van der Waals surface area contributed by atoms with Crippen molar-refractivity contribution in [1.82, 2.24) is 20.4 Å². The molecule has 0 radical (unpaired) electrons. The predicted octanol–water partition coefficient (Wildman–Crippen LogP) is 1.39. The van der Waals surface area contributed by atoms with Crippen molar-refractivity contribution < 1.29 is 23.8 Å². The highest BCUT2D eigenvalue weighted by atomic mass is 16.5. The minimum Gasteiger partial charge on any atom is -0.493 e. The lowest BCUT2D eigenvalue weighted by atomic mass is 9.81. The minimum absolute atomic E-state index is 0.0850. The fourth-order valence-corrected chi connectivity index (χ4v) is 4.02. The SMILES string of the molecule is COc1cc([C@H]2[C@@H]3[C@H](C)NC(=O)N(C)[C@H]3NC(=O)N2C)cc(OC)c1OC. The van der Waals surface area contributed by atoms with E-state index in [1.807, 2.05) is 19.1 Å². The zero-order chi connectivity index (χ0) is 19.9. The van der Waals surface area contributed by atoms with E-state index in [-0.39, 0.29) is 30.1 Å². The fraction of sp³-hybridized carbons (Fsp3) is 0.556. The van der Waals surface area contributed by atoms with Crippen LogP contribution < -0.4 is 24.8 Å². The Kier molecular flexibility index (Phi) is 4.95. The van der Waals surface area contributed by atoms with Crippen LogP contribution in [0.5, 0.6) is 17.2 Å². The highest BCUT2D eigenvalue weighted by Gasteiger charge is 2.49. The maximum atomic E-state index is 12.6. The number of hydrogen-bond acceptors (Lipinski definition) is 5. The van der Waals surface area contributed by atoms with Gasteiger partial charge >= 0.3 is 12.1 Å². The summed E-state index contributed by atoms with van der Waals surface area (Å²) in [4.78, 5) is 27.9. The van der Waals surface area contributed by atoms with Gasteiger partial charge in [0.15, 0.2) is 11.5 Å². The summed E-state index contributed by atoms with van der Waals surface area (Å²) >= 11 is 0. The lowest BCUT2D eigenvalue weighted by Gasteiger charge is -2.52. The number of amides is 4. The van der Waals surface area contributed by atoms with E-state index < -0.39 is 6.17 Å². The van der Waals surface area contributed by atoms with Gasteiger partial charge in [0.2, 0.25) is 5.75 Å². The smallest absolute Gasteiger partial charge is 0.319 e. The standard InChI is InChI=1S/C18H26N4O5/c1-9-13-14(10-7-11(25-4)15(27-6)12(8-10)26-5)21(2)18(24)20-16(13)22(3)17(23)19-9/h7-9,13-14,16H,1-6H3,(H,19,23)(H,20,24)/t9-,13-,14-,16+/m0/s1. The molecule has 4 amide bonds. The lowest BCUT2D eigenvalue weighted by molar-refractivity contribution is 0.0247. The molecule has 2 aliphatic rings. The molecule has 2 heterocycles. The molecule has 4 atom stereocenters. The molecule has 2 N–H and O–H groups in total. The first-order valence-corrected chi connectivity index (χ1v) is 8.70. The molecule has 9 heteroatoms. The topological polar surface area (TPSA) is 92.4 Å². The zero-order valence-electron chi connectivity index (χ0n) is 16.4. The third-order valence-corrected chi connectivity index (χ3v) is 5.43. The van der Waals surface area contributed by atoms with E-state index >= 15 is 0 Å². The van der Waals surface area contributed by atoms with Gasteiger partial charge in [-0.3, -0.25) is 0 Å². The molecule has 0 aliphatic carbocycles. The van der Waals surface area contributed by atoms with Gasteiger partial charge in [0, 0.05) is 26.1 Å². The van der Waals surface area contributed by atoms with Crippen LogP contribution >= 0.6 is 0 Å². The van der Waals surface area contributed by atoms with Gasteiger partial charge in [0.25, 0.3) is 0 Å². The second-order valence-corrected chi connectivity index (χ2v) is 6.84. The average Bonchev–Trinajstić information content (AvgIpc) is 2.66. The predicted molar refractivity (Wildman–Crippen MR) is 98.2 cm³/mol. The number of fused-ring (bicyclic) bond motifs is 1. The zero-order valence-corrected chi connectivity index (χ0v) is 16.4. The molecule has 0 unspecified atom stereocenters. The molecule has 9 nitrogen and oxygen atoms in total. The molecular weight excluding hydrogens is 352 g/mol. The normalized spacial score (nSPS) is 27.5. The van der Waals surface area contributed by atoms with Crippen LogP contribution in [0.2, 0.25) is 0 Å². The third kappa shape index (κ3) is 2.96. The summed E-state index contributed by atoms with van der Waals surface area (Å²) in [6.07, 6.45) is -0.415. The quantitative estimate of drug-likeness (QED) is 0.826. The van der Waals surface area contributed by atoms with Crippen molar-refractivity contribution in [2.24, 2.45) is 5.92 Å². The molecule has 27 heavy (non-hydrogen) atoms. The van der Waals surface area contributed by atoms with Gasteiger partial charge < -0.3 is 34.6 Å². The van der Waals surface area contributed by atoms with Crippen molar-refractivity contribution in [3.63, 3.8) is 0 Å². The number of rotatable bonds is 4. The van der Waals surface area contributed by atoms with Crippen LogP contribution in [0.15, 0.2) is 12.1 Å². The van der Waals surface area contributed by atoms with Crippen LogP contribution in [0.25, 0.3) is 0 Å². The van der Waals surface area contributed by atoms with Crippen molar-refractivity contribution >= 4 is 12.1 Å². The molecule has 1 aromatic carbocycles. The molecule has 2 aliphatic heterocycles. The van der Waals surface area contributed by atoms with Crippen molar-refractivity contribution in [1.29, 1.82) is 0 Å². The Morgan fingerprint density at radius 1 is 0.889 bits per heavy atom. The maximum absolute atomic E-state index is 12.6. The Morgan fingerprint density at radius 2 is 1.44 bits per heavy atom. The van der Waals surface area contributed by atoms with Crippen LogP contribution in [0.1, 0.15) is 18.5 Å².